The van der Waals surface area contributed by atoms with Gasteiger partial charge in [0.25, 0.3) is 0 Å². The number of nitrogens with zero attached hydrogens (tertiary/aromatic N) is 2. The van der Waals surface area contributed by atoms with E-state index >= 15 is 0 Å². The highest BCUT2D eigenvalue weighted by Crippen LogP contribution is 2.41. The third-order valence-corrected chi connectivity index (χ3v) is 6.11. The zero-order chi connectivity index (χ0) is 11.5. The SMILES string of the molecule is CNc1nc(C2SCCSC2C)ncc1Br. The highest BCUT2D eigenvalue weighted by atomic mass is 79.9. The van der Waals surface area contributed by atoms with Crippen LogP contribution in [0.25, 0.3) is 0 Å². The van der Waals surface area contributed by atoms with E-state index in [2.05, 4.69) is 38.1 Å². The molecule has 2 rings (SSSR count). The molecule has 1 aliphatic rings. The van der Waals surface area contributed by atoms with Gasteiger partial charge in [-0.3, -0.25) is 0 Å². The molecule has 2 atom stereocenters. The highest BCUT2D eigenvalue weighted by molar-refractivity contribution is 9.10. The number of hydrogen-bond donors (Lipinski definition) is 1. The molecule has 0 aromatic carbocycles. The van der Waals surface area contributed by atoms with Gasteiger partial charge in [-0.15, -0.1) is 11.8 Å². The van der Waals surface area contributed by atoms with Crippen LogP contribution >= 0.6 is 39.5 Å². The van der Waals surface area contributed by atoms with Crippen molar-refractivity contribution >= 4 is 45.3 Å². The van der Waals surface area contributed by atoms with Gasteiger partial charge in [0.05, 0.1) is 9.72 Å². The fourth-order valence-electron chi connectivity index (χ4n) is 1.61. The van der Waals surface area contributed by atoms with Gasteiger partial charge in [0.15, 0.2) is 0 Å². The molecule has 1 aromatic heterocycles. The van der Waals surface area contributed by atoms with E-state index in [1.165, 1.54) is 11.5 Å². The highest BCUT2D eigenvalue weighted by Gasteiger charge is 2.26. The number of hydrogen-bond acceptors (Lipinski definition) is 5. The molecule has 0 radical (unpaired) electrons. The van der Waals surface area contributed by atoms with Crippen LogP contribution in [-0.2, 0) is 0 Å². The summed E-state index contributed by atoms with van der Waals surface area (Å²) in [4.78, 5) is 8.99. The molecule has 88 valence electrons. The van der Waals surface area contributed by atoms with E-state index in [1.807, 2.05) is 36.8 Å². The molecular weight excluding hydrogens is 306 g/mol. The average Bonchev–Trinajstić information content (AvgIpc) is 2.31. The van der Waals surface area contributed by atoms with E-state index in [-0.39, 0.29) is 0 Å². The van der Waals surface area contributed by atoms with Crippen molar-refractivity contribution in [2.45, 2.75) is 17.4 Å². The molecular formula is C10H14BrN3S2. The number of thioether (sulfide) groups is 2. The van der Waals surface area contributed by atoms with E-state index < -0.39 is 0 Å². The van der Waals surface area contributed by atoms with Crippen LogP contribution in [0.3, 0.4) is 0 Å². The van der Waals surface area contributed by atoms with Crippen LogP contribution in [0.1, 0.15) is 18.0 Å². The molecule has 2 unspecified atom stereocenters. The topological polar surface area (TPSA) is 37.8 Å². The summed E-state index contributed by atoms with van der Waals surface area (Å²) in [6, 6.07) is 0. The van der Waals surface area contributed by atoms with Gasteiger partial charge in [-0.1, -0.05) is 6.92 Å². The van der Waals surface area contributed by atoms with Gasteiger partial charge in [-0.25, -0.2) is 9.97 Å². The van der Waals surface area contributed by atoms with Crippen LogP contribution in [0, 0.1) is 0 Å². The standard InChI is InChI=1S/C10H14BrN3S2/c1-6-8(16-4-3-15-6)10-13-5-7(11)9(12-2)14-10/h5-6,8H,3-4H2,1-2H3,(H,12,13,14). The van der Waals surface area contributed by atoms with Crippen molar-refractivity contribution < 1.29 is 0 Å². The molecule has 1 fully saturated rings. The number of nitrogens with one attached hydrogen (secondary N) is 1. The zero-order valence-electron chi connectivity index (χ0n) is 9.24. The Morgan fingerprint density at radius 2 is 2.19 bits per heavy atom. The van der Waals surface area contributed by atoms with Crippen LogP contribution in [0.4, 0.5) is 5.82 Å². The van der Waals surface area contributed by atoms with E-state index in [0.717, 1.165) is 16.1 Å². The molecule has 0 aliphatic carbocycles. The van der Waals surface area contributed by atoms with Gasteiger partial charge in [-0.2, -0.15) is 11.8 Å². The number of halogens is 1. The minimum absolute atomic E-state index is 0.416. The largest absolute Gasteiger partial charge is 0.372 e. The van der Waals surface area contributed by atoms with Crippen LogP contribution in [0.15, 0.2) is 10.7 Å². The molecule has 1 aliphatic heterocycles. The molecule has 6 heteroatoms. The number of aromatic nitrogens is 2. The molecule has 0 spiro atoms. The predicted octanol–water partition coefficient (Wildman–Crippen LogP) is 3.19. The van der Waals surface area contributed by atoms with E-state index in [9.17, 15) is 0 Å². The van der Waals surface area contributed by atoms with Gasteiger partial charge in [-0.05, 0) is 15.9 Å². The predicted molar refractivity (Wildman–Crippen MR) is 76.4 cm³/mol. The zero-order valence-corrected chi connectivity index (χ0v) is 12.5. The third kappa shape index (κ3) is 2.65. The van der Waals surface area contributed by atoms with Gasteiger partial charge < -0.3 is 5.32 Å². The Morgan fingerprint density at radius 3 is 2.88 bits per heavy atom. The molecule has 0 saturated carbocycles. The Bertz CT molecular complexity index is 375. The maximum absolute atomic E-state index is 4.56. The third-order valence-electron chi connectivity index (χ3n) is 2.44. The monoisotopic (exact) mass is 319 g/mol. The second-order valence-corrected chi connectivity index (χ2v) is 7.13. The molecule has 1 N–H and O–H groups in total. The van der Waals surface area contributed by atoms with Crippen molar-refractivity contribution in [2.24, 2.45) is 0 Å². The Labute approximate surface area is 113 Å². The molecule has 16 heavy (non-hydrogen) atoms. The lowest BCUT2D eigenvalue weighted by molar-refractivity contribution is 0.822. The lowest BCUT2D eigenvalue weighted by Crippen LogP contribution is -2.18. The average molecular weight is 320 g/mol. The first-order valence-corrected chi connectivity index (χ1v) is 8.05. The maximum Gasteiger partial charge on any atom is 0.144 e. The van der Waals surface area contributed by atoms with Crippen LogP contribution in [0.5, 0.6) is 0 Å². The lowest BCUT2D eigenvalue weighted by Gasteiger charge is -2.26. The second-order valence-electron chi connectivity index (χ2n) is 3.54. The van der Waals surface area contributed by atoms with Crippen molar-refractivity contribution in [3.05, 3.63) is 16.5 Å². The lowest BCUT2D eigenvalue weighted by atomic mass is 10.3. The Kier molecular flexibility index (Phi) is 4.38. The normalized spacial score (nSPS) is 25.4. The quantitative estimate of drug-likeness (QED) is 0.906. The molecule has 2 heterocycles. The summed E-state index contributed by atoms with van der Waals surface area (Å²) in [5.74, 6) is 4.23. The maximum atomic E-state index is 4.56. The second kappa shape index (κ2) is 5.60. The fourth-order valence-corrected chi connectivity index (χ4v) is 4.70. The van der Waals surface area contributed by atoms with E-state index in [1.54, 1.807) is 0 Å². The van der Waals surface area contributed by atoms with E-state index in [4.69, 9.17) is 0 Å². The van der Waals surface area contributed by atoms with Crippen molar-refractivity contribution in [2.75, 3.05) is 23.9 Å². The Morgan fingerprint density at radius 1 is 1.44 bits per heavy atom. The van der Waals surface area contributed by atoms with Crippen LogP contribution in [-0.4, -0.2) is 33.8 Å². The summed E-state index contributed by atoms with van der Waals surface area (Å²) in [7, 11) is 1.88. The van der Waals surface area contributed by atoms with E-state index in [0.29, 0.717) is 10.5 Å². The minimum Gasteiger partial charge on any atom is -0.372 e. The first-order chi connectivity index (χ1) is 7.72. The summed E-state index contributed by atoms with van der Waals surface area (Å²) in [5, 5.41) is 4.08. The van der Waals surface area contributed by atoms with Crippen LogP contribution < -0.4 is 5.32 Å². The van der Waals surface area contributed by atoms with Crippen molar-refractivity contribution in [3.8, 4) is 0 Å². The Balaban J connectivity index is 2.25. The van der Waals surface area contributed by atoms with Gasteiger partial charge in [0.2, 0.25) is 0 Å². The van der Waals surface area contributed by atoms with Crippen LogP contribution in [0.2, 0.25) is 0 Å². The number of rotatable bonds is 2. The fraction of sp³-hybridized carbons (Fsp3) is 0.600. The molecule has 3 nitrogen and oxygen atoms in total. The van der Waals surface area contributed by atoms with Crippen molar-refractivity contribution in [3.63, 3.8) is 0 Å². The van der Waals surface area contributed by atoms with Crippen molar-refractivity contribution in [1.29, 1.82) is 0 Å². The molecule has 0 bridgehead atoms. The summed E-state index contributed by atoms with van der Waals surface area (Å²) >= 11 is 7.40. The summed E-state index contributed by atoms with van der Waals surface area (Å²) in [6.07, 6.45) is 1.83. The van der Waals surface area contributed by atoms with Crippen molar-refractivity contribution in [1.82, 2.24) is 9.97 Å². The molecule has 0 amide bonds. The smallest absolute Gasteiger partial charge is 0.144 e. The van der Waals surface area contributed by atoms with Gasteiger partial charge >= 0.3 is 0 Å². The first kappa shape index (κ1) is 12.5. The summed E-state index contributed by atoms with van der Waals surface area (Å²) in [6.45, 7) is 2.26. The molecule has 1 aromatic rings. The first-order valence-electron chi connectivity index (χ1n) is 5.15. The Hall–Kier alpha value is 0.0600. The minimum atomic E-state index is 0.416. The number of anilines is 1. The van der Waals surface area contributed by atoms with Gasteiger partial charge in [0.1, 0.15) is 11.6 Å². The summed E-state index contributed by atoms with van der Waals surface area (Å²) in [5.41, 5.74) is 0. The van der Waals surface area contributed by atoms with Gasteiger partial charge in [0, 0.05) is 30.0 Å². The summed E-state index contributed by atoms with van der Waals surface area (Å²) < 4.78 is 0.917. The molecule has 1 saturated heterocycles.